The zero-order chi connectivity index (χ0) is 13.4. The normalized spacial score (nSPS) is 14.8. The highest BCUT2D eigenvalue weighted by Gasteiger charge is 2.16. The minimum Gasteiger partial charge on any atom is -0.353 e. The van der Waals surface area contributed by atoms with Gasteiger partial charge in [0, 0.05) is 6.04 Å². The monoisotopic (exact) mass is 247 g/mol. The van der Waals surface area contributed by atoms with Crippen LogP contribution in [0.1, 0.15) is 50.7 Å². The molecule has 1 amide bonds. The second kappa shape index (κ2) is 7.91. The molecule has 2 nitrogen and oxygen atoms in total. The molecule has 0 unspecified atom stereocenters. The molecule has 0 aliphatic heterocycles. The first kappa shape index (κ1) is 14.7. The molecule has 0 bridgehead atoms. The Labute approximate surface area is 111 Å². The molecule has 0 spiro atoms. The number of benzene rings is 1. The van der Waals surface area contributed by atoms with Gasteiger partial charge in [0.2, 0.25) is 5.91 Å². The van der Waals surface area contributed by atoms with Crippen LogP contribution in [-0.4, -0.2) is 11.9 Å². The van der Waals surface area contributed by atoms with Gasteiger partial charge in [0.15, 0.2) is 0 Å². The Hall–Kier alpha value is -1.31. The van der Waals surface area contributed by atoms with Gasteiger partial charge >= 0.3 is 0 Å². The number of amides is 1. The molecule has 1 fully saturated rings. The minimum absolute atomic E-state index is 0.164. The molecule has 2 heteroatoms. The SMILES string of the molecule is CC.Cc1cccc(CC(=O)NC2CCCC2)c1. The van der Waals surface area contributed by atoms with Crippen LogP contribution < -0.4 is 5.32 Å². The van der Waals surface area contributed by atoms with Gasteiger partial charge in [0.1, 0.15) is 0 Å². The fraction of sp³-hybridized carbons (Fsp3) is 0.562. The summed E-state index contributed by atoms with van der Waals surface area (Å²) in [5, 5.41) is 3.11. The third-order valence-corrected chi connectivity index (χ3v) is 3.17. The molecule has 2 rings (SSSR count). The average Bonchev–Trinajstić information content (AvgIpc) is 2.84. The predicted octanol–water partition coefficient (Wildman–Crippen LogP) is 3.62. The van der Waals surface area contributed by atoms with Crippen molar-refractivity contribution in [3.8, 4) is 0 Å². The Morgan fingerprint density at radius 3 is 2.56 bits per heavy atom. The Morgan fingerprint density at radius 2 is 1.94 bits per heavy atom. The van der Waals surface area contributed by atoms with Gasteiger partial charge in [-0.25, -0.2) is 0 Å². The number of carbonyl (C=O) groups excluding carboxylic acids is 1. The lowest BCUT2D eigenvalue weighted by atomic mass is 10.1. The van der Waals surface area contributed by atoms with E-state index in [4.69, 9.17) is 0 Å². The maximum atomic E-state index is 11.8. The van der Waals surface area contributed by atoms with Crippen molar-refractivity contribution < 1.29 is 4.79 Å². The summed E-state index contributed by atoms with van der Waals surface area (Å²) in [6, 6.07) is 8.58. The van der Waals surface area contributed by atoms with Crippen LogP contribution in [0.25, 0.3) is 0 Å². The van der Waals surface area contributed by atoms with Crippen molar-refractivity contribution in [3.63, 3.8) is 0 Å². The Balaban J connectivity index is 0.000000771. The number of nitrogens with one attached hydrogen (secondary N) is 1. The summed E-state index contributed by atoms with van der Waals surface area (Å²) in [6.07, 6.45) is 5.34. The number of carbonyl (C=O) groups is 1. The van der Waals surface area contributed by atoms with Crippen molar-refractivity contribution in [3.05, 3.63) is 35.4 Å². The van der Waals surface area contributed by atoms with Crippen LogP contribution in [0.4, 0.5) is 0 Å². The van der Waals surface area contributed by atoms with E-state index < -0.39 is 0 Å². The third kappa shape index (κ3) is 4.91. The molecule has 0 heterocycles. The zero-order valence-electron chi connectivity index (χ0n) is 11.8. The van der Waals surface area contributed by atoms with Gasteiger partial charge in [-0.1, -0.05) is 56.5 Å². The molecule has 0 aromatic heterocycles. The van der Waals surface area contributed by atoms with Gasteiger partial charge in [-0.3, -0.25) is 4.79 Å². The van der Waals surface area contributed by atoms with Gasteiger partial charge in [-0.05, 0) is 25.3 Å². The molecule has 1 aromatic rings. The summed E-state index contributed by atoms with van der Waals surface area (Å²) >= 11 is 0. The quantitative estimate of drug-likeness (QED) is 0.868. The summed E-state index contributed by atoms with van der Waals surface area (Å²) in [5.74, 6) is 0.164. The largest absolute Gasteiger partial charge is 0.353 e. The topological polar surface area (TPSA) is 29.1 Å². The van der Waals surface area contributed by atoms with Gasteiger partial charge in [0.05, 0.1) is 6.42 Å². The standard InChI is InChI=1S/C14H19NO.C2H6/c1-11-5-4-6-12(9-11)10-14(16)15-13-7-2-3-8-13;1-2/h4-6,9,13H,2-3,7-8,10H2,1H3,(H,15,16);1-2H3. The van der Waals surface area contributed by atoms with E-state index in [1.165, 1.54) is 18.4 Å². The molecule has 1 N–H and O–H groups in total. The summed E-state index contributed by atoms with van der Waals surface area (Å²) < 4.78 is 0. The molecule has 1 aliphatic rings. The van der Waals surface area contributed by atoms with Crippen molar-refractivity contribution in [2.24, 2.45) is 0 Å². The number of rotatable bonds is 3. The van der Waals surface area contributed by atoms with Gasteiger partial charge in [-0.2, -0.15) is 0 Å². The Kier molecular flexibility index (Phi) is 6.48. The van der Waals surface area contributed by atoms with Crippen LogP contribution in [0.5, 0.6) is 0 Å². The Bertz CT molecular complexity index is 367. The van der Waals surface area contributed by atoms with Crippen LogP contribution in [-0.2, 0) is 11.2 Å². The second-order valence-corrected chi connectivity index (χ2v) is 4.71. The van der Waals surface area contributed by atoms with E-state index in [0.717, 1.165) is 18.4 Å². The van der Waals surface area contributed by atoms with Crippen molar-refractivity contribution in [1.82, 2.24) is 5.32 Å². The molecule has 0 radical (unpaired) electrons. The van der Waals surface area contributed by atoms with E-state index in [2.05, 4.69) is 24.4 Å². The van der Waals surface area contributed by atoms with E-state index in [-0.39, 0.29) is 5.91 Å². The smallest absolute Gasteiger partial charge is 0.224 e. The van der Waals surface area contributed by atoms with E-state index >= 15 is 0 Å². The van der Waals surface area contributed by atoms with Crippen molar-refractivity contribution >= 4 is 5.91 Å². The maximum Gasteiger partial charge on any atom is 0.224 e. The predicted molar refractivity (Wildman–Crippen MR) is 76.6 cm³/mol. The van der Waals surface area contributed by atoms with E-state index in [1.54, 1.807) is 0 Å². The van der Waals surface area contributed by atoms with Crippen LogP contribution in [0.15, 0.2) is 24.3 Å². The lowest BCUT2D eigenvalue weighted by molar-refractivity contribution is -0.121. The molecule has 1 saturated carbocycles. The lowest BCUT2D eigenvalue weighted by Crippen LogP contribution is -2.33. The molecule has 0 atom stereocenters. The van der Waals surface area contributed by atoms with Gasteiger partial charge < -0.3 is 5.32 Å². The zero-order valence-corrected chi connectivity index (χ0v) is 11.8. The molecule has 18 heavy (non-hydrogen) atoms. The van der Waals surface area contributed by atoms with Gasteiger partial charge in [-0.15, -0.1) is 0 Å². The summed E-state index contributed by atoms with van der Waals surface area (Å²) in [5.41, 5.74) is 2.32. The van der Waals surface area contributed by atoms with E-state index in [1.807, 2.05) is 26.0 Å². The third-order valence-electron chi connectivity index (χ3n) is 3.17. The summed E-state index contributed by atoms with van der Waals surface area (Å²) in [7, 11) is 0. The van der Waals surface area contributed by atoms with Crippen molar-refractivity contribution in [2.45, 2.75) is 58.9 Å². The van der Waals surface area contributed by atoms with Crippen LogP contribution >= 0.6 is 0 Å². The first-order valence-electron chi connectivity index (χ1n) is 7.09. The van der Waals surface area contributed by atoms with Gasteiger partial charge in [0.25, 0.3) is 0 Å². The summed E-state index contributed by atoms with van der Waals surface area (Å²) in [4.78, 5) is 11.8. The highest BCUT2D eigenvalue weighted by molar-refractivity contribution is 5.78. The lowest BCUT2D eigenvalue weighted by Gasteiger charge is -2.11. The number of hydrogen-bond donors (Lipinski definition) is 1. The molecule has 100 valence electrons. The van der Waals surface area contributed by atoms with Crippen molar-refractivity contribution in [2.75, 3.05) is 0 Å². The van der Waals surface area contributed by atoms with Crippen LogP contribution in [0.2, 0.25) is 0 Å². The highest BCUT2D eigenvalue weighted by atomic mass is 16.1. The fourth-order valence-corrected chi connectivity index (χ4v) is 2.36. The summed E-state index contributed by atoms with van der Waals surface area (Å²) in [6.45, 7) is 6.05. The van der Waals surface area contributed by atoms with Crippen LogP contribution in [0, 0.1) is 6.92 Å². The van der Waals surface area contributed by atoms with Crippen LogP contribution in [0.3, 0.4) is 0 Å². The molecular formula is C16H25NO. The molecule has 0 saturated heterocycles. The second-order valence-electron chi connectivity index (χ2n) is 4.71. The minimum atomic E-state index is 0.164. The molecule has 1 aliphatic carbocycles. The maximum absolute atomic E-state index is 11.8. The Morgan fingerprint density at radius 1 is 1.28 bits per heavy atom. The molecule has 1 aromatic carbocycles. The first-order chi connectivity index (χ1) is 8.74. The number of aryl methyl sites for hydroxylation is 1. The molecular weight excluding hydrogens is 222 g/mol. The van der Waals surface area contributed by atoms with E-state index in [0.29, 0.717) is 12.5 Å². The highest BCUT2D eigenvalue weighted by Crippen LogP contribution is 2.17. The first-order valence-corrected chi connectivity index (χ1v) is 7.09. The van der Waals surface area contributed by atoms with Crippen molar-refractivity contribution in [1.29, 1.82) is 0 Å². The fourth-order valence-electron chi connectivity index (χ4n) is 2.36. The number of hydrogen-bond acceptors (Lipinski definition) is 1. The average molecular weight is 247 g/mol. The van der Waals surface area contributed by atoms with E-state index in [9.17, 15) is 4.79 Å².